The van der Waals surface area contributed by atoms with Crippen molar-refractivity contribution in [1.82, 2.24) is 4.98 Å². The van der Waals surface area contributed by atoms with Gasteiger partial charge in [-0.1, -0.05) is 48.5 Å². The Balaban J connectivity index is 1.83. The number of aliphatic hydroxyl groups is 1. The second-order valence-corrected chi connectivity index (χ2v) is 4.64. The van der Waals surface area contributed by atoms with Crippen molar-refractivity contribution in [2.24, 2.45) is 0 Å². The highest BCUT2D eigenvalue weighted by Crippen LogP contribution is 2.25. The molecule has 1 unspecified atom stereocenters. The minimum Gasteiger partial charge on any atom is -0.457 e. The number of benzene rings is 2. The number of pyridine rings is 1. The lowest BCUT2D eigenvalue weighted by molar-refractivity contribution is 0.215. The SMILES string of the molecule is OC(c1ccccc1)c1cc(Oc2ccccc2)ccn1. The van der Waals surface area contributed by atoms with Gasteiger partial charge in [0.15, 0.2) is 0 Å². The number of rotatable bonds is 4. The molecule has 3 heteroatoms. The summed E-state index contributed by atoms with van der Waals surface area (Å²) in [6.07, 6.45) is 0.880. The van der Waals surface area contributed by atoms with Crippen molar-refractivity contribution < 1.29 is 9.84 Å². The predicted octanol–water partition coefficient (Wildman–Crippen LogP) is 3.96. The summed E-state index contributed by atoms with van der Waals surface area (Å²) in [5.74, 6) is 1.41. The molecule has 0 radical (unpaired) electrons. The van der Waals surface area contributed by atoms with Crippen molar-refractivity contribution in [1.29, 1.82) is 0 Å². The molecule has 2 aromatic carbocycles. The van der Waals surface area contributed by atoms with Crippen LogP contribution in [0.1, 0.15) is 17.4 Å². The van der Waals surface area contributed by atoms with Crippen LogP contribution in [0.15, 0.2) is 79.0 Å². The smallest absolute Gasteiger partial charge is 0.130 e. The molecule has 3 aromatic rings. The molecular weight excluding hydrogens is 262 g/mol. The Morgan fingerprint density at radius 3 is 2.19 bits per heavy atom. The van der Waals surface area contributed by atoms with Crippen molar-refractivity contribution >= 4 is 0 Å². The summed E-state index contributed by atoms with van der Waals surface area (Å²) in [5, 5.41) is 10.4. The van der Waals surface area contributed by atoms with E-state index in [2.05, 4.69) is 4.98 Å². The number of para-hydroxylation sites is 1. The Kier molecular flexibility index (Phi) is 3.94. The Labute approximate surface area is 123 Å². The van der Waals surface area contributed by atoms with Gasteiger partial charge in [0, 0.05) is 12.3 Å². The standard InChI is InChI=1S/C18H15NO2/c20-18(14-7-3-1-4-8-14)17-13-16(11-12-19-17)21-15-9-5-2-6-10-15/h1-13,18,20H. The summed E-state index contributed by atoms with van der Waals surface area (Å²) in [6.45, 7) is 0. The molecule has 21 heavy (non-hydrogen) atoms. The van der Waals surface area contributed by atoms with Gasteiger partial charge in [0.05, 0.1) is 5.69 Å². The second kappa shape index (κ2) is 6.20. The highest BCUT2D eigenvalue weighted by atomic mass is 16.5. The molecule has 0 bridgehead atoms. The van der Waals surface area contributed by atoms with E-state index in [1.165, 1.54) is 0 Å². The van der Waals surface area contributed by atoms with E-state index >= 15 is 0 Å². The van der Waals surface area contributed by atoms with Crippen LogP contribution in [0.5, 0.6) is 11.5 Å². The van der Waals surface area contributed by atoms with Gasteiger partial charge < -0.3 is 9.84 Å². The van der Waals surface area contributed by atoms with E-state index in [0.717, 1.165) is 11.3 Å². The van der Waals surface area contributed by atoms with Crippen LogP contribution in [0.25, 0.3) is 0 Å². The van der Waals surface area contributed by atoms with Crippen LogP contribution in [0.3, 0.4) is 0 Å². The van der Waals surface area contributed by atoms with Crippen LogP contribution in [0, 0.1) is 0 Å². The van der Waals surface area contributed by atoms with Crippen LogP contribution in [-0.4, -0.2) is 10.1 Å². The molecule has 0 spiro atoms. The number of nitrogens with zero attached hydrogens (tertiary/aromatic N) is 1. The fourth-order valence-electron chi connectivity index (χ4n) is 2.07. The molecule has 0 fully saturated rings. The molecule has 3 rings (SSSR count). The maximum atomic E-state index is 10.4. The Morgan fingerprint density at radius 2 is 1.48 bits per heavy atom. The van der Waals surface area contributed by atoms with Crippen molar-refractivity contribution in [2.75, 3.05) is 0 Å². The number of hydrogen-bond acceptors (Lipinski definition) is 3. The third kappa shape index (κ3) is 3.27. The van der Waals surface area contributed by atoms with E-state index in [1.54, 1.807) is 18.3 Å². The predicted molar refractivity (Wildman–Crippen MR) is 81.3 cm³/mol. The average molecular weight is 277 g/mol. The normalized spacial score (nSPS) is 11.9. The first-order chi connectivity index (χ1) is 10.3. The molecule has 0 amide bonds. The lowest BCUT2D eigenvalue weighted by Gasteiger charge is -2.12. The van der Waals surface area contributed by atoms with E-state index in [1.807, 2.05) is 60.7 Å². The number of hydrogen-bond donors (Lipinski definition) is 1. The summed E-state index contributed by atoms with van der Waals surface area (Å²) >= 11 is 0. The van der Waals surface area contributed by atoms with Crippen molar-refractivity contribution in [3.63, 3.8) is 0 Å². The fourth-order valence-corrected chi connectivity index (χ4v) is 2.07. The van der Waals surface area contributed by atoms with Crippen LogP contribution < -0.4 is 4.74 Å². The second-order valence-electron chi connectivity index (χ2n) is 4.64. The molecule has 0 aliphatic rings. The van der Waals surface area contributed by atoms with Crippen LogP contribution in [-0.2, 0) is 0 Å². The molecule has 1 atom stereocenters. The van der Waals surface area contributed by atoms with E-state index in [9.17, 15) is 5.11 Å². The third-order valence-electron chi connectivity index (χ3n) is 3.13. The molecule has 0 saturated carbocycles. The van der Waals surface area contributed by atoms with Gasteiger partial charge in [0.25, 0.3) is 0 Å². The lowest BCUT2D eigenvalue weighted by Crippen LogP contribution is -2.02. The average Bonchev–Trinajstić information content (AvgIpc) is 2.56. The van der Waals surface area contributed by atoms with E-state index in [-0.39, 0.29) is 0 Å². The maximum Gasteiger partial charge on any atom is 0.130 e. The highest BCUT2D eigenvalue weighted by Gasteiger charge is 2.12. The summed E-state index contributed by atoms with van der Waals surface area (Å²) in [6, 6.07) is 22.5. The summed E-state index contributed by atoms with van der Waals surface area (Å²) in [4.78, 5) is 4.23. The molecule has 0 aliphatic carbocycles. The van der Waals surface area contributed by atoms with Gasteiger partial charge in [-0.3, -0.25) is 4.98 Å². The first kappa shape index (κ1) is 13.3. The molecule has 0 saturated heterocycles. The number of ether oxygens (including phenoxy) is 1. The number of aromatic nitrogens is 1. The summed E-state index contributed by atoms with van der Waals surface area (Å²) < 4.78 is 5.75. The number of aliphatic hydroxyl groups excluding tert-OH is 1. The van der Waals surface area contributed by atoms with Crippen LogP contribution in [0.4, 0.5) is 0 Å². The molecule has 1 N–H and O–H groups in total. The maximum absolute atomic E-state index is 10.4. The minimum atomic E-state index is -0.759. The van der Waals surface area contributed by atoms with Gasteiger partial charge >= 0.3 is 0 Å². The van der Waals surface area contributed by atoms with Gasteiger partial charge in [-0.05, 0) is 23.8 Å². The molecule has 1 heterocycles. The molecule has 104 valence electrons. The Hall–Kier alpha value is -2.65. The van der Waals surface area contributed by atoms with Crippen molar-refractivity contribution in [3.05, 3.63) is 90.3 Å². The minimum absolute atomic E-state index is 0.564. The molecule has 3 nitrogen and oxygen atoms in total. The first-order valence-electron chi connectivity index (χ1n) is 6.75. The van der Waals surface area contributed by atoms with Gasteiger partial charge in [-0.2, -0.15) is 0 Å². The molecule has 0 aliphatic heterocycles. The van der Waals surface area contributed by atoms with Crippen molar-refractivity contribution in [3.8, 4) is 11.5 Å². The summed E-state index contributed by atoms with van der Waals surface area (Å²) in [5.41, 5.74) is 1.37. The first-order valence-corrected chi connectivity index (χ1v) is 6.75. The van der Waals surface area contributed by atoms with Crippen molar-refractivity contribution in [2.45, 2.75) is 6.10 Å². The van der Waals surface area contributed by atoms with Gasteiger partial charge in [-0.25, -0.2) is 0 Å². The van der Waals surface area contributed by atoms with Gasteiger partial charge in [0.1, 0.15) is 17.6 Å². The lowest BCUT2D eigenvalue weighted by atomic mass is 10.1. The Morgan fingerprint density at radius 1 is 0.810 bits per heavy atom. The topological polar surface area (TPSA) is 42.4 Å². The fraction of sp³-hybridized carbons (Fsp3) is 0.0556. The zero-order valence-electron chi connectivity index (χ0n) is 11.4. The zero-order chi connectivity index (χ0) is 14.5. The van der Waals surface area contributed by atoms with E-state index in [0.29, 0.717) is 11.4 Å². The quantitative estimate of drug-likeness (QED) is 0.785. The summed E-state index contributed by atoms with van der Waals surface area (Å²) in [7, 11) is 0. The third-order valence-corrected chi connectivity index (χ3v) is 3.13. The molecule has 1 aromatic heterocycles. The Bertz CT molecular complexity index is 699. The highest BCUT2D eigenvalue weighted by molar-refractivity contribution is 5.34. The largest absolute Gasteiger partial charge is 0.457 e. The van der Waals surface area contributed by atoms with Crippen LogP contribution >= 0.6 is 0 Å². The van der Waals surface area contributed by atoms with Gasteiger partial charge in [-0.15, -0.1) is 0 Å². The monoisotopic (exact) mass is 277 g/mol. The van der Waals surface area contributed by atoms with Crippen LogP contribution in [0.2, 0.25) is 0 Å². The molecular formula is C18H15NO2. The van der Waals surface area contributed by atoms with Gasteiger partial charge in [0.2, 0.25) is 0 Å². The van der Waals surface area contributed by atoms with E-state index < -0.39 is 6.10 Å². The van der Waals surface area contributed by atoms with E-state index in [4.69, 9.17) is 4.74 Å². The zero-order valence-corrected chi connectivity index (χ0v) is 11.4.